The van der Waals surface area contributed by atoms with Crippen molar-refractivity contribution in [3.05, 3.63) is 36.1 Å². The Labute approximate surface area is 94.2 Å². The third-order valence-corrected chi connectivity index (χ3v) is 2.31. The number of hydrogen-bond donors (Lipinski definition) is 0. The normalized spacial score (nSPS) is 30.5. The van der Waals surface area contributed by atoms with Gasteiger partial charge in [-0.05, 0) is 26.0 Å². The zero-order valence-electron chi connectivity index (χ0n) is 9.30. The number of allylic oxidation sites excluding steroid dienone is 1. The summed E-state index contributed by atoms with van der Waals surface area (Å²) in [5.41, 5.74) is 0.893. The van der Waals surface area contributed by atoms with Crippen molar-refractivity contribution in [2.45, 2.75) is 25.7 Å². The van der Waals surface area contributed by atoms with Crippen LogP contribution in [0.1, 0.15) is 13.8 Å². The van der Waals surface area contributed by atoms with Gasteiger partial charge in [0.15, 0.2) is 6.10 Å². The van der Waals surface area contributed by atoms with Crippen LogP contribution >= 0.6 is 0 Å². The van der Waals surface area contributed by atoms with Crippen LogP contribution in [0.15, 0.2) is 36.1 Å². The molecule has 0 fully saturated rings. The summed E-state index contributed by atoms with van der Waals surface area (Å²) in [6.07, 6.45) is 7.71. The smallest absolute Gasteiger partial charge is 0.331 e. The first-order valence-corrected chi connectivity index (χ1v) is 5.14. The first-order valence-electron chi connectivity index (χ1n) is 5.14. The van der Waals surface area contributed by atoms with E-state index in [1.807, 2.05) is 19.9 Å². The molecular formula is C12H14O4. The highest BCUT2D eigenvalue weighted by Crippen LogP contribution is 2.32. The average molecular weight is 222 g/mol. The van der Waals surface area contributed by atoms with E-state index in [2.05, 4.69) is 0 Å². The third-order valence-electron chi connectivity index (χ3n) is 2.31. The molecule has 0 amide bonds. The van der Waals surface area contributed by atoms with Crippen LogP contribution in [0.25, 0.3) is 0 Å². The zero-order valence-corrected chi connectivity index (χ0v) is 9.30. The number of ether oxygens (including phenoxy) is 3. The molecule has 0 aromatic heterocycles. The van der Waals surface area contributed by atoms with E-state index in [9.17, 15) is 4.79 Å². The highest BCUT2D eigenvalue weighted by Gasteiger charge is 2.46. The molecule has 2 aliphatic rings. The summed E-state index contributed by atoms with van der Waals surface area (Å²) in [5.74, 6) is -1.33. The molecule has 4 nitrogen and oxygen atoms in total. The van der Waals surface area contributed by atoms with E-state index in [0.29, 0.717) is 6.61 Å². The Morgan fingerprint density at radius 1 is 1.56 bits per heavy atom. The summed E-state index contributed by atoms with van der Waals surface area (Å²) < 4.78 is 16.0. The van der Waals surface area contributed by atoms with Crippen LogP contribution in [0.2, 0.25) is 0 Å². The van der Waals surface area contributed by atoms with Crippen LogP contribution in [-0.4, -0.2) is 24.5 Å². The van der Waals surface area contributed by atoms with Crippen molar-refractivity contribution in [3.8, 4) is 0 Å². The van der Waals surface area contributed by atoms with Gasteiger partial charge in [-0.25, -0.2) is 4.79 Å². The van der Waals surface area contributed by atoms with Gasteiger partial charge in [0.1, 0.15) is 0 Å². The molecule has 0 saturated heterocycles. The van der Waals surface area contributed by atoms with Gasteiger partial charge < -0.3 is 14.2 Å². The summed E-state index contributed by atoms with van der Waals surface area (Å²) in [7, 11) is 0. The lowest BCUT2D eigenvalue weighted by Gasteiger charge is -2.26. The molecule has 0 aromatic rings. The molecule has 2 rings (SSSR count). The molecule has 2 aliphatic heterocycles. The summed E-state index contributed by atoms with van der Waals surface area (Å²) >= 11 is 0. The van der Waals surface area contributed by atoms with E-state index in [1.165, 1.54) is 12.3 Å². The first kappa shape index (κ1) is 11.0. The SMILES string of the molecule is CC(C)=CC(=O)OC1C=COC12C=CCO2. The molecule has 2 heterocycles. The number of esters is 1. The van der Waals surface area contributed by atoms with Gasteiger partial charge in [-0.2, -0.15) is 0 Å². The Morgan fingerprint density at radius 3 is 3.00 bits per heavy atom. The lowest BCUT2D eigenvalue weighted by atomic mass is 10.1. The van der Waals surface area contributed by atoms with Gasteiger partial charge in [0.05, 0.1) is 12.9 Å². The summed E-state index contributed by atoms with van der Waals surface area (Å²) in [5, 5.41) is 0. The van der Waals surface area contributed by atoms with Gasteiger partial charge in [0.2, 0.25) is 0 Å². The maximum absolute atomic E-state index is 11.5. The predicted octanol–water partition coefficient (Wildman–Crippen LogP) is 1.69. The molecule has 16 heavy (non-hydrogen) atoms. The van der Waals surface area contributed by atoms with Crippen molar-refractivity contribution in [2.75, 3.05) is 6.61 Å². The van der Waals surface area contributed by atoms with E-state index >= 15 is 0 Å². The monoisotopic (exact) mass is 222 g/mol. The molecule has 0 saturated carbocycles. The van der Waals surface area contributed by atoms with Crippen LogP contribution in [0.5, 0.6) is 0 Å². The topological polar surface area (TPSA) is 44.8 Å². The zero-order chi connectivity index (χ0) is 11.6. The first-order chi connectivity index (χ1) is 7.62. The van der Waals surface area contributed by atoms with Crippen molar-refractivity contribution < 1.29 is 19.0 Å². The molecule has 0 aromatic carbocycles. The molecule has 86 valence electrons. The van der Waals surface area contributed by atoms with Gasteiger partial charge >= 0.3 is 5.97 Å². The lowest BCUT2D eigenvalue weighted by molar-refractivity contribution is -0.198. The van der Waals surface area contributed by atoms with Gasteiger partial charge in [-0.1, -0.05) is 11.6 Å². The minimum atomic E-state index is -0.939. The molecule has 0 aliphatic carbocycles. The predicted molar refractivity (Wildman–Crippen MR) is 57.4 cm³/mol. The van der Waals surface area contributed by atoms with Gasteiger partial charge in [-0.3, -0.25) is 0 Å². The van der Waals surface area contributed by atoms with Crippen molar-refractivity contribution >= 4 is 5.97 Å². The fourth-order valence-corrected chi connectivity index (χ4v) is 1.62. The van der Waals surface area contributed by atoms with E-state index in [0.717, 1.165) is 5.57 Å². The van der Waals surface area contributed by atoms with Crippen molar-refractivity contribution in [1.82, 2.24) is 0 Å². The quantitative estimate of drug-likeness (QED) is 0.405. The van der Waals surface area contributed by atoms with Gasteiger partial charge in [0, 0.05) is 6.08 Å². The van der Waals surface area contributed by atoms with Gasteiger partial charge in [-0.15, -0.1) is 0 Å². The van der Waals surface area contributed by atoms with Crippen molar-refractivity contribution in [3.63, 3.8) is 0 Å². The Hall–Kier alpha value is -1.55. The fourth-order valence-electron chi connectivity index (χ4n) is 1.62. The molecule has 2 unspecified atom stereocenters. The van der Waals surface area contributed by atoms with Crippen LogP contribution in [0.3, 0.4) is 0 Å². The number of carbonyl (C=O) groups excluding carboxylic acids is 1. The second-order valence-corrected chi connectivity index (χ2v) is 3.96. The van der Waals surface area contributed by atoms with Crippen molar-refractivity contribution in [2.24, 2.45) is 0 Å². The molecule has 0 radical (unpaired) electrons. The lowest BCUT2D eigenvalue weighted by Crippen LogP contribution is -2.40. The van der Waals surface area contributed by atoms with E-state index in [4.69, 9.17) is 14.2 Å². The Balaban J connectivity index is 2.04. The molecule has 4 heteroatoms. The standard InChI is InChI=1S/C12H14O4/c1-9(2)8-11(13)16-10-4-7-15-12(10)5-3-6-14-12/h3-5,7-8,10H,6H2,1-2H3. The minimum Gasteiger partial charge on any atom is -0.462 e. The second-order valence-electron chi connectivity index (χ2n) is 3.96. The highest BCUT2D eigenvalue weighted by molar-refractivity contribution is 5.83. The Morgan fingerprint density at radius 2 is 2.38 bits per heavy atom. The maximum atomic E-state index is 11.5. The Kier molecular flexibility index (Phi) is 2.83. The molecule has 0 bridgehead atoms. The Bertz CT molecular complexity index is 376. The molecule has 0 N–H and O–H groups in total. The minimum absolute atomic E-state index is 0.386. The fraction of sp³-hybridized carbons (Fsp3) is 0.417. The van der Waals surface area contributed by atoms with Crippen LogP contribution in [0.4, 0.5) is 0 Å². The largest absolute Gasteiger partial charge is 0.462 e. The third kappa shape index (κ3) is 2.02. The van der Waals surface area contributed by atoms with Crippen LogP contribution < -0.4 is 0 Å². The van der Waals surface area contributed by atoms with Crippen LogP contribution in [-0.2, 0) is 19.0 Å². The molecule has 1 spiro atoms. The molecule has 2 atom stereocenters. The summed E-state index contributed by atoms with van der Waals surface area (Å²) in [4.78, 5) is 11.5. The van der Waals surface area contributed by atoms with Gasteiger partial charge in [0.25, 0.3) is 5.79 Å². The number of carbonyl (C=O) groups is 1. The van der Waals surface area contributed by atoms with E-state index < -0.39 is 11.9 Å². The van der Waals surface area contributed by atoms with E-state index in [-0.39, 0.29) is 5.97 Å². The number of rotatable bonds is 2. The summed E-state index contributed by atoms with van der Waals surface area (Å²) in [6, 6.07) is 0. The highest BCUT2D eigenvalue weighted by atomic mass is 16.7. The van der Waals surface area contributed by atoms with Crippen LogP contribution in [0, 0.1) is 0 Å². The second kappa shape index (κ2) is 4.14. The molecular weight excluding hydrogens is 208 g/mol. The van der Waals surface area contributed by atoms with Crippen molar-refractivity contribution in [1.29, 1.82) is 0 Å². The van der Waals surface area contributed by atoms with E-state index in [1.54, 1.807) is 12.2 Å². The maximum Gasteiger partial charge on any atom is 0.331 e. The summed E-state index contributed by atoms with van der Waals surface area (Å²) in [6.45, 7) is 4.15. The number of hydrogen-bond acceptors (Lipinski definition) is 4. The average Bonchev–Trinajstić information content (AvgIpc) is 2.78.